The zero-order valence-electron chi connectivity index (χ0n) is 12.9. The van der Waals surface area contributed by atoms with E-state index in [-0.39, 0.29) is 5.91 Å². The molecule has 2 rings (SSSR count). The highest BCUT2D eigenvalue weighted by Gasteiger charge is 2.24. The summed E-state index contributed by atoms with van der Waals surface area (Å²) < 4.78 is 4.98. The first-order chi connectivity index (χ1) is 10.3. The fraction of sp³-hybridized carbons (Fsp3) is 0.562. The molecule has 116 valence electrons. The number of amides is 1. The molecule has 5 heteroatoms. The van der Waals surface area contributed by atoms with Gasteiger partial charge in [0.1, 0.15) is 0 Å². The standard InChI is InChI=1S/C16H25N3O2/c1-17-14-8-10-19(15-7-4-3-6-13(14)15)12-16(20)18-9-5-11-21-2/h3-4,6-7,14,17H,5,8-12H2,1-2H3,(H,18,20). The minimum atomic E-state index is 0.0730. The van der Waals surface area contributed by atoms with Gasteiger partial charge in [0.25, 0.3) is 0 Å². The monoisotopic (exact) mass is 291 g/mol. The molecule has 2 N–H and O–H groups in total. The maximum absolute atomic E-state index is 12.0. The second kappa shape index (κ2) is 8.00. The van der Waals surface area contributed by atoms with Crippen LogP contribution in [0.1, 0.15) is 24.4 Å². The quantitative estimate of drug-likeness (QED) is 0.744. The molecule has 5 nitrogen and oxygen atoms in total. The van der Waals surface area contributed by atoms with Crippen molar-refractivity contribution < 1.29 is 9.53 Å². The molecule has 1 aromatic rings. The third-order valence-electron chi connectivity index (χ3n) is 3.87. The first kappa shape index (κ1) is 15.8. The Labute approximate surface area is 126 Å². The number of carbonyl (C=O) groups is 1. The lowest BCUT2D eigenvalue weighted by atomic mass is 9.96. The topological polar surface area (TPSA) is 53.6 Å². The van der Waals surface area contributed by atoms with Crippen molar-refractivity contribution in [2.75, 3.05) is 45.3 Å². The Morgan fingerprint density at radius 1 is 1.43 bits per heavy atom. The zero-order valence-corrected chi connectivity index (χ0v) is 12.9. The molecule has 1 aliphatic rings. The van der Waals surface area contributed by atoms with Gasteiger partial charge in [-0.1, -0.05) is 18.2 Å². The molecule has 0 aliphatic carbocycles. The summed E-state index contributed by atoms with van der Waals surface area (Å²) in [6.45, 7) is 2.66. The number of hydrogen-bond acceptors (Lipinski definition) is 4. The number of benzene rings is 1. The Morgan fingerprint density at radius 2 is 2.24 bits per heavy atom. The maximum atomic E-state index is 12.0. The first-order valence-electron chi connectivity index (χ1n) is 7.53. The lowest BCUT2D eigenvalue weighted by Gasteiger charge is -2.35. The summed E-state index contributed by atoms with van der Waals surface area (Å²) in [5, 5.41) is 6.29. The van der Waals surface area contributed by atoms with Gasteiger partial charge in [0, 0.05) is 38.5 Å². The van der Waals surface area contributed by atoms with E-state index >= 15 is 0 Å². The van der Waals surface area contributed by atoms with Gasteiger partial charge in [0.2, 0.25) is 5.91 Å². The molecular weight excluding hydrogens is 266 g/mol. The van der Waals surface area contributed by atoms with Crippen LogP contribution in [0.25, 0.3) is 0 Å². The number of para-hydroxylation sites is 1. The van der Waals surface area contributed by atoms with Crippen molar-refractivity contribution in [2.45, 2.75) is 18.9 Å². The van der Waals surface area contributed by atoms with E-state index < -0.39 is 0 Å². The number of hydrogen-bond donors (Lipinski definition) is 2. The van der Waals surface area contributed by atoms with Crippen LogP contribution in [0.3, 0.4) is 0 Å². The van der Waals surface area contributed by atoms with E-state index in [9.17, 15) is 4.79 Å². The lowest BCUT2D eigenvalue weighted by Crippen LogP contribution is -2.42. The van der Waals surface area contributed by atoms with Crippen LogP contribution in [0.5, 0.6) is 0 Å². The smallest absolute Gasteiger partial charge is 0.239 e. The van der Waals surface area contributed by atoms with Gasteiger partial charge in [-0.15, -0.1) is 0 Å². The number of methoxy groups -OCH3 is 1. The van der Waals surface area contributed by atoms with E-state index in [2.05, 4.69) is 33.7 Å². The van der Waals surface area contributed by atoms with Gasteiger partial charge in [-0.05, 0) is 31.5 Å². The summed E-state index contributed by atoms with van der Waals surface area (Å²) >= 11 is 0. The number of carbonyl (C=O) groups excluding carboxylic acids is 1. The number of fused-ring (bicyclic) bond motifs is 1. The molecule has 0 spiro atoms. The Hall–Kier alpha value is -1.59. The van der Waals surface area contributed by atoms with Crippen LogP contribution in [0.2, 0.25) is 0 Å². The molecule has 0 saturated heterocycles. The highest BCUT2D eigenvalue weighted by Crippen LogP contribution is 2.32. The van der Waals surface area contributed by atoms with E-state index in [0.717, 1.165) is 25.1 Å². The van der Waals surface area contributed by atoms with Gasteiger partial charge in [-0.3, -0.25) is 4.79 Å². The second-order valence-electron chi connectivity index (χ2n) is 5.31. The summed E-state index contributed by atoms with van der Waals surface area (Å²) in [4.78, 5) is 14.2. The van der Waals surface area contributed by atoms with Crippen LogP contribution in [-0.2, 0) is 9.53 Å². The largest absolute Gasteiger partial charge is 0.385 e. The number of nitrogens with one attached hydrogen (secondary N) is 2. The van der Waals surface area contributed by atoms with E-state index in [1.54, 1.807) is 7.11 Å². The lowest BCUT2D eigenvalue weighted by molar-refractivity contribution is -0.119. The van der Waals surface area contributed by atoms with Gasteiger partial charge in [-0.25, -0.2) is 0 Å². The van der Waals surface area contributed by atoms with Crippen LogP contribution < -0.4 is 15.5 Å². The van der Waals surface area contributed by atoms with E-state index in [1.165, 1.54) is 5.56 Å². The molecule has 1 atom stereocenters. The first-order valence-corrected chi connectivity index (χ1v) is 7.53. The Kier molecular flexibility index (Phi) is 6.02. The van der Waals surface area contributed by atoms with Crippen molar-refractivity contribution >= 4 is 11.6 Å². The van der Waals surface area contributed by atoms with Crippen LogP contribution in [0.4, 0.5) is 5.69 Å². The molecule has 1 unspecified atom stereocenters. The fourth-order valence-electron chi connectivity index (χ4n) is 2.77. The highest BCUT2D eigenvalue weighted by molar-refractivity contribution is 5.82. The highest BCUT2D eigenvalue weighted by atomic mass is 16.5. The average molecular weight is 291 g/mol. The Bertz CT molecular complexity index is 465. The second-order valence-corrected chi connectivity index (χ2v) is 5.31. The average Bonchev–Trinajstić information content (AvgIpc) is 2.52. The van der Waals surface area contributed by atoms with Crippen molar-refractivity contribution in [3.63, 3.8) is 0 Å². The van der Waals surface area contributed by atoms with Crippen molar-refractivity contribution in [3.05, 3.63) is 29.8 Å². The molecule has 1 heterocycles. The van der Waals surface area contributed by atoms with E-state index in [1.807, 2.05) is 13.1 Å². The van der Waals surface area contributed by atoms with E-state index in [0.29, 0.717) is 25.7 Å². The van der Waals surface area contributed by atoms with Crippen LogP contribution in [-0.4, -0.2) is 46.3 Å². The summed E-state index contributed by atoms with van der Waals surface area (Å²) in [6.07, 6.45) is 1.87. The molecular formula is C16H25N3O2. The van der Waals surface area contributed by atoms with Gasteiger partial charge in [0.05, 0.1) is 6.54 Å². The third-order valence-corrected chi connectivity index (χ3v) is 3.87. The number of rotatable bonds is 7. The molecule has 0 aromatic heterocycles. The van der Waals surface area contributed by atoms with Gasteiger partial charge >= 0.3 is 0 Å². The minimum Gasteiger partial charge on any atom is -0.385 e. The van der Waals surface area contributed by atoms with Gasteiger partial charge in [0.15, 0.2) is 0 Å². The molecule has 0 fully saturated rings. The van der Waals surface area contributed by atoms with Crippen LogP contribution >= 0.6 is 0 Å². The molecule has 21 heavy (non-hydrogen) atoms. The fourth-order valence-corrected chi connectivity index (χ4v) is 2.77. The summed E-state index contributed by atoms with van der Waals surface area (Å²) in [6, 6.07) is 8.69. The van der Waals surface area contributed by atoms with Gasteiger partial charge in [-0.2, -0.15) is 0 Å². The summed E-state index contributed by atoms with van der Waals surface area (Å²) in [5.41, 5.74) is 2.44. The molecule has 0 saturated carbocycles. The summed E-state index contributed by atoms with van der Waals surface area (Å²) in [5.74, 6) is 0.0730. The zero-order chi connectivity index (χ0) is 15.1. The molecule has 1 aliphatic heterocycles. The number of anilines is 1. The molecule has 1 aromatic carbocycles. The van der Waals surface area contributed by atoms with Crippen LogP contribution in [0.15, 0.2) is 24.3 Å². The van der Waals surface area contributed by atoms with Crippen molar-refractivity contribution in [2.24, 2.45) is 0 Å². The SMILES string of the molecule is CNC1CCN(CC(=O)NCCCOC)c2ccccc21. The van der Waals surface area contributed by atoms with E-state index in [4.69, 9.17) is 4.74 Å². The van der Waals surface area contributed by atoms with Gasteiger partial charge < -0.3 is 20.3 Å². The minimum absolute atomic E-state index is 0.0730. The molecule has 0 bridgehead atoms. The van der Waals surface area contributed by atoms with Crippen molar-refractivity contribution in [3.8, 4) is 0 Å². The maximum Gasteiger partial charge on any atom is 0.239 e. The Balaban J connectivity index is 1.93. The predicted molar refractivity (Wildman–Crippen MR) is 84.6 cm³/mol. The van der Waals surface area contributed by atoms with Crippen molar-refractivity contribution in [1.29, 1.82) is 0 Å². The number of ether oxygens (including phenoxy) is 1. The molecule has 1 amide bonds. The normalized spacial score (nSPS) is 17.4. The summed E-state index contributed by atoms with van der Waals surface area (Å²) in [7, 11) is 3.66. The molecule has 0 radical (unpaired) electrons. The predicted octanol–water partition coefficient (Wildman–Crippen LogP) is 1.31. The van der Waals surface area contributed by atoms with Crippen molar-refractivity contribution in [1.82, 2.24) is 10.6 Å². The number of nitrogens with zero attached hydrogens (tertiary/aromatic N) is 1. The third kappa shape index (κ3) is 4.19. The Morgan fingerprint density at radius 3 is 3.00 bits per heavy atom. The van der Waals surface area contributed by atoms with Crippen LogP contribution in [0, 0.1) is 0 Å².